The van der Waals surface area contributed by atoms with Gasteiger partial charge in [0.25, 0.3) is 0 Å². The molecular weight excluding hydrogens is 295 g/mol. The molecule has 0 amide bonds. The largest absolute Gasteiger partial charge is 0.433 e. The van der Waals surface area contributed by atoms with Crippen molar-refractivity contribution < 1.29 is 21.6 Å². The van der Waals surface area contributed by atoms with E-state index < -0.39 is 27.7 Å². The molecule has 0 saturated carbocycles. The van der Waals surface area contributed by atoms with Gasteiger partial charge in [-0.2, -0.15) is 18.4 Å². The van der Waals surface area contributed by atoms with Crippen LogP contribution in [0.15, 0.2) is 23.6 Å². The van der Waals surface area contributed by atoms with Crippen LogP contribution < -0.4 is 5.32 Å². The molecule has 0 saturated heterocycles. The van der Waals surface area contributed by atoms with Crippen LogP contribution in [-0.2, 0) is 16.0 Å². The molecule has 2 rings (SSSR count). The van der Waals surface area contributed by atoms with E-state index >= 15 is 0 Å². The van der Waals surface area contributed by atoms with Crippen molar-refractivity contribution in [2.24, 2.45) is 0 Å². The predicted octanol–water partition coefficient (Wildman–Crippen LogP) is 1.69. The Morgan fingerprint density at radius 2 is 2.10 bits per heavy atom. The number of hydrogen-bond acceptors (Lipinski definition) is 5. The molecule has 1 aromatic heterocycles. The number of anilines is 1. The zero-order valence-electron chi connectivity index (χ0n) is 9.85. The van der Waals surface area contributed by atoms with E-state index in [1.54, 1.807) is 6.07 Å². The van der Waals surface area contributed by atoms with E-state index in [1.807, 2.05) is 0 Å². The van der Waals surface area contributed by atoms with Gasteiger partial charge in [-0.15, -0.1) is 0 Å². The normalized spacial score (nSPS) is 20.6. The second-order valence-corrected chi connectivity index (χ2v) is 6.04. The second-order valence-electron chi connectivity index (χ2n) is 4.11. The van der Waals surface area contributed by atoms with E-state index in [2.05, 4.69) is 10.3 Å². The number of hydrogen-bond donors (Lipinski definition) is 1. The lowest BCUT2D eigenvalue weighted by atomic mass is 10.2. The molecule has 20 heavy (non-hydrogen) atoms. The molecule has 0 fully saturated rings. The molecule has 1 N–H and O–H groups in total. The van der Waals surface area contributed by atoms with Gasteiger partial charge in [-0.1, -0.05) is 0 Å². The maximum Gasteiger partial charge on any atom is 0.433 e. The van der Waals surface area contributed by atoms with Crippen LogP contribution in [0, 0.1) is 11.3 Å². The van der Waals surface area contributed by atoms with Crippen LogP contribution in [-0.4, -0.2) is 25.2 Å². The molecule has 0 spiro atoms. The highest BCUT2D eigenvalue weighted by atomic mass is 32.2. The lowest BCUT2D eigenvalue weighted by Gasteiger charge is -2.14. The number of halogens is 3. The van der Waals surface area contributed by atoms with Crippen LogP contribution in [0.1, 0.15) is 11.3 Å². The smallest absolute Gasteiger partial charge is 0.362 e. The molecule has 106 valence electrons. The fourth-order valence-electron chi connectivity index (χ4n) is 1.66. The summed E-state index contributed by atoms with van der Waals surface area (Å²) < 4.78 is 60.1. The summed E-state index contributed by atoms with van der Waals surface area (Å²) in [5, 5.41) is 12.3. The lowest BCUT2D eigenvalue weighted by molar-refractivity contribution is -0.141. The monoisotopic (exact) mass is 303 g/mol. The molecule has 1 aromatic rings. The summed E-state index contributed by atoms with van der Waals surface area (Å²) in [4.78, 5) is 3.34. The Bertz CT molecular complexity index is 705. The Hall–Kier alpha value is -2.08. The van der Waals surface area contributed by atoms with E-state index in [1.165, 1.54) is 6.08 Å². The van der Waals surface area contributed by atoms with Crippen molar-refractivity contribution in [1.82, 2.24) is 4.98 Å². The summed E-state index contributed by atoms with van der Waals surface area (Å²) in [6.07, 6.45) is -3.33. The van der Waals surface area contributed by atoms with Gasteiger partial charge in [0.15, 0.2) is 9.84 Å². The number of pyridine rings is 1. The van der Waals surface area contributed by atoms with Crippen LogP contribution in [0.25, 0.3) is 0 Å². The van der Waals surface area contributed by atoms with Gasteiger partial charge in [0.05, 0.1) is 17.4 Å². The van der Waals surface area contributed by atoms with E-state index in [0.29, 0.717) is 6.07 Å². The summed E-state index contributed by atoms with van der Waals surface area (Å²) in [7, 11) is -3.35. The molecule has 0 aliphatic carbocycles. The molecule has 2 heterocycles. The summed E-state index contributed by atoms with van der Waals surface area (Å²) in [6, 6.07) is 2.69. The van der Waals surface area contributed by atoms with Crippen LogP contribution in [0.3, 0.4) is 0 Å². The van der Waals surface area contributed by atoms with Gasteiger partial charge in [0.1, 0.15) is 17.6 Å². The zero-order valence-corrected chi connectivity index (χ0v) is 10.7. The van der Waals surface area contributed by atoms with Gasteiger partial charge in [-0.05, 0) is 18.2 Å². The number of nitrogens with one attached hydrogen (secondary N) is 1. The first-order valence-electron chi connectivity index (χ1n) is 5.37. The molecule has 1 atom stereocenters. The third-order valence-corrected chi connectivity index (χ3v) is 3.95. The van der Waals surface area contributed by atoms with Crippen LogP contribution in [0.2, 0.25) is 0 Å². The number of rotatable bonds is 2. The number of aromatic nitrogens is 1. The van der Waals surface area contributed by atoms with Crippen molar-refractivity contribution in [2.45, 2.75) is 12.2 Å². The molecule has 0 bridgehead atoms. The topological polar surface area (TPSA) is 82.8 Å². The van der Waals surface area contributed by atoms with Gasteiger partial charge in [-0.25, -0.2) is 13.4 Å². The van der Waals surface area contributed by atoms with E-state index in [9.17, 15) is 21.6 Å². The molecule has 9 heteroatoms. The summed E-state index contributed by atoms with van der Waals surface area (Å²) >= 11 is 0. The number of alkyl halides is 3. The molecular formula is C11H8F3N3O2S. The first-order valence-corrected chi connectivity index (χ1v) is 7.09. The van der Waals surface area contributed by atoms with Crippen molar-refractivity contribution >= 4 is 15.7 Å². The molecule has 1 unspecified atom stereocenters. The Balaban J connectivity index is 2.31. The van der Waals surface area contributed by atoms with E-state index in [4.69, 9.17) is 5.26 Å². The third-order valence-electron chi connectivity index (χ3n) is 2.56. The Morgan fingerprint density at radius 1 is 1.40 bits per heavy atom. The highest BCUT2D eigenvalue weighted by Gasteiger charge is 2.33. The molecule has 0 radical (unpaired) electrons. The Morgan fingerprint density at radius 3 is 2.60 bits per heavy atom. The van der Waals surface area contributed by atoms with Gasteiger partial charge < -0.3 is 5.32 Å². The zero-order chi connectivity index (χ0) is 15.0. The van der Waals surface area contributed by atoms with Crippen molar-refractivity contribution in [2.75, 3.05) is 11.1 Å². The summed E-state index contributed by atoms with van der Waals surface area (Å²) in [5.41, 5.74) is -1.24. The van der Waals surface area contributed by atoms with E-state index in [-0.39, 0.29) is 17.1 Å². The van der Waals surface area contributed by atoms with Crippen LogP contribution >= 0.6 is 0 Å². The highest BCUT2D eigenvalue weighted by Crippen LogP contribution is 2.29. The van der Waals surface area contributed by atoms with Crippen molar-refractivity contribution in [3.63, 3.8) is 0 Å². The number of nitriles is 1. The maximum atomic E-state index is 12.6. The minimum Gasteiger partial charge on any atom is -0.362 e. The van der Waals surface area contributed by atoms with Gasteiger partial charge >= 0.3 is 6.18 Å². The molecule has 0 aromatic carbocycles. The van der Waals surface area contributed by atoms with Gasteiger partial charge in [-0.3, -0.25) is 0 Å². The minimum absolute atomic E-state index is 0.0873. The lowest BCUT2D eigenvalue weighted by Crippen LogP contribution is -2.23. The van der Waals surface area contributed by atoms with Crippen LogP contribution in [0.4, 0.5) is 19.0 Å². The van der Waals surface area contributed by atoms with E-state index in [0.717, 1.165) is 11.5 Å². The first-order chi connectivity index (χ1) is 9.21. The molecule has 1 aliphatic heterocycles. The molecule has 1 aliphatic rings. The SMILES string of the molecule is N#Cc1ccc(C(F)(F)F)nc1NC1C=CS(=O)(=O)C1. The Kier molecular flexibility index (Phi) is 3.43. The number of sulfone groups is 1. The quantitative estimate of drug-likeness (QED) is 0.899. The fourth-order valence-corrected chi connectivity index (χ4v) is 2.89. The van der Waals surface area contributed by atoms with Crippen molar-refractivity contribution in [3.8, 4) is 6.07 Å². The van der Waals surface area contributed by atoms with Crippen molar-refractivity contribution in [3.05, 3.63) is 34.9 Å². The highest BCUT2D eigenvalue weighted by molar-refractivity contribution is 7.94. The maximum absolute atomic E-state index is 12.6. The average Bonchev–Trinajstić information content (AvgIpc) is 2.67. The summed E-state index contributed by atoms with van der Waals surface area (Å²) in [5.74, 6) is -0.565. The van der Waals surface area contributed by atoms with Gasteiger partial charge in [0, 0.05) is 5.41 Å². The third kappa shape index (κ3) is 3.08. The van der Waals surface area contributed by atoms with Crippen molar-refractivity contribution in [1.29, 1.82) is 5.26 Å². The second kappa shape index (κ2) is 4.79. The standard InChI is InChI=1S/C11H8F3N3O2S/c12-11(13,14)9-2-1-7(5-15)10(17-9)16-8-3-4-20(18,19)6-8/h1-4,8H,6H2,(H,16,17). The number of nitrogens with zero attached hydrogens (tertiary/aromatic N) is 2. The minimum atomic E-state index is -4.64. The Labute approximate surface area is 112 Å². The molecule has 5 nitrogen and oxygen atoms in total. The van der Waals surface area contributed by atoms with Gasteiger partial charge in [0.2, 0.25) is 0 Å². The fraction of sp³-hybridized carbons (Fsp3) is 0.273. The van der Waals surface area contributed by atoms with Crippen LogP contribution in [0.5, 0.6) is 0 Å². The predicted molar refractivity (Wildman–Crippen MR) is 64.3 cm³/mol. The average molecular weight is 303 g/mol. The summed E-state index contributed by atoms with van der Waals surface area (Å²) in [6.45, 7) is 0. The first kappa shape index (κ1) is 14.3.